The van der Waals surface area contributed by atoms with Gasteiger partial charge in [0.1, 0.15) is 12.2 Å². The molecule has 0 radical (unpaired) electrons. The van der Waals surface area contributed by atoms with Gasteiger partial charge in [-0.25, -0.2) is 9.36 Å². The molecule has 0 N–H and O–H groups in total. The molecule has 0 aliphatic rings. The van der Waals surface area contributed by atoms with Gasteiger partial charge in [-0.1, -0.05) is 48.5 Å². The van der Waals surface area contributed by atoms with Gasteiger partial charge in [0, 0.05) is 11.5 Å². The third-order valence-electron chi connectivity index (χ3n) is 3.48. The van der Waals surface area contributed by atoms with Crippen molar-refractivity contribution in [2.24, 2.45) is 0 Å². The van der Waals surface area contributed by atoms with Gasteiger partial charge in [-0.15, -0.1) is 0 Å². The maximum absolute atomic E-state index is 12.6. The molecule has 3 aromatic rings. The van der Waals surface area contributed by atoms with Gasteiger partial charge in [0.2, 0.25) is 5.88 Å². The number of carbonyl (C=O) groups is 1. The Hall–Kier alpha value is -2.75. The molecule has 4 heteroatoms. The van der Waals surface area contributed by atoms with E-state index in [1.807, 2.05) is 81.4 Å². The zero-order valence-electron chi connectivity index (χ0n) is 14.2. The number of fused-ring (bicyclic) bond motifs is 1. The van der Waals surface area contributed by atoms with Gasteiger partial charge in [-0.2, -0.15) is 0 Å². The van der Waals surface area contributed by atoms with Crippen molar-refractivity contribution in [1.82, 2.24) is 4.57 Å². The van der Waals surface area contributed by atoms with Crippen LogP contribution in [0.4, 0.5) is 4.79 Å². The SMILES string of the molecule is CC(C)(C)OC(=O)n1c(OCc2ccccc2)cc2ccccc21. The first-order valence-electron chi connectivity index (χ1n) is 7.94. The van der Waals surface area contributed by atoms with E-state index < -0.39 is 11.7 Å². The molecule has 0 amide bonds. The molecular weight excluding hydrogens is 302 g/mol. The van der Waals surface area contributed by atoms with Crippen LogP contribution in [0.25, 0.3) is 10.9 Å². The standard InChI is InChI=1S/C20H21NO3/c1-20(2,3)24-19(22)21-17-12-8-7-11-16(17)13-18(21)23-14-15-9-5-4-6-10-15/h4-13H,14H2,1-3H3. The number of rotatable bonds is 3. The number of ether oxygens (including phenoxy) is 2. The summed E-state index contributed by atoms with van der Waals surface area (Å²) in [5.41, 5.74) is 1.24. The fourth-order valence-corrected chi connectivity index (χ4v) is 2.46. The second kappa shape index (κ2) is 6.40. The molecule has 1 heterocycles. The molecule has 1 aromatic heterocycles. The quantitative estimate of drug-likeness (QED) is 0.681. The van der Waals surface area contributed by atoms with E-state index in [0.29, 0.717) is 12.5 Å². The lowest BCUT2D eigenvalue weighted by Gasteiger charge is -2.20. The first-order chi connectivity index (χ1) is 11.4. The Bertz CT molecular complexity index is 844. The van der Waals surface area contributed by atoms with Crippen molar-refractivity contribution in [2.75, 3.05) is 0 Å². The molecule has 0 bridgehead atoms. The summed E-state index contributed by atoms with van der Waals surface area (Å²) in [6, 6.07) is 19.4. The molecular formula is C20H21NO3. The number of aromatic nitrogens is 1. The van der Waals surface area contributed by atoms with Crippen LogP contribution in [0.2, 0.25) is 0 Å². The van der Waals surface area contributed by atoms with Crippen molar-refractivity contribution >= 4 is 17.0 Å². The van der Waals surface area contributed by atoms with E-state index >= 15 is 0 Å². The lowest BCUT2D eigenvalue weighted by Crippen LogP contribution is -2.27. The summed E-state index contributed by atoms with van der Waals surface area (Å²) < 4.78 is 12.9. The van der Waals surface area contributed by atoms with Gasteiger partial charge in [0.25, 0.3) is 0 Å². The minimum absolute atomic E-state index is 0.389. The number of nitrogens with zero attached hydrogens (tertiary/aromatic N) is 1. The van der Waals surface area contributed by atoms with Crippen molar-refractivity contribution in [1.29, 1.82) is 0 Å². The van der Waals surface area contributed by atoms with Crippen molar-refractivity contribution in [3.05, 3.63) is 66.2 Å². The smallest absolute Gasteiger partial charge is 0.421 e. The van der Waals surface area contributed by atoms with Crippen LogP contribution < -0.4 is 4.74 Å². The molecule has 4 nitrogen and oxygen atoms in total. The van der Waals surface area contributed by atoms with Crippen LogP contribution in [0.1, 0.15) is 26.3 Å². The van der Waals surface area contributed by atoms with Crippen molar-refractivity contribution in [3.63, 3.8) is 0 Å². The van der Waals surface area contributed by atoms with Crippen LogP contribution in [0.15, 0.2) is 60.7 Å². The van der Waals surface area contributed by atoms with Gasteiger partial charge in [-0.05, 0) is 32.4 Å². The van der Waals surface area contributed by atoms with E-state index in [1.165, 1.54) is 4.57 Å². The summed E-state index contributed by atoms with van der Waals surface area (Å²) >= 11 is 0. The molecule has 0 saturated carbocycles. The van der Waals surface area contributed by atoms with Crippen LogP contribution in [-0.4, -0.2) is 16.3 Å². The van der Waals surface area contributed by atoms with E-state index in [2.05, 4.69) is 0 Å². The van der Waals surface area contributed by atoms with Crippen LogP contribution in [0, 0.1) is 0 Å². The second-order valence-corrected chi connectivity index (χ2v) is 6.63. The molecule has 2 aromatic carbocycles. The predicted octanol–water partition coefficient (Wildman–Crippen LogP) is 5.00. The molecule has 0 atom stereocenters. The molecule has 24 heavy (non-hydrogen) atoms. The summed E-state index contributed by atoms with van der Waals surface area (Å²) in [7, 11) is 0. The maximum Gasteiger partial charge on any atom is 0.421 e. The number of hydrogen-bond donors (Lipinski definition) is 0. The summed E-state index contributed by atoms with van der Waals surface area (Å²) in [6.45, 7) is 5.93. The third kappa shape index (κ3) is 3.59. The minimum atomic E-state index is -0.570. The Labute approximate surface area is 141 Å². The average Bonchev–Trinajstić information content (AvgIpc) is 2.91. The molecule has 0 fully saturated rings. The van der Waals surface area contributed by atoms with Gasteiger partial charge in [0.05, 0.1) is 5.52 Å². The normalized spacial score (nSPS) is 11.5. The molecule has 0 spiro atoms. The van der Waals surface area contributed by atoms with Crippen LogP contribution >= 0.6 is 0 Å². The highest BCUT2D eigenvalue weighted by atomic mass is 16.6. The topological polar surface area (TPSA) is 40.5 Å². The Balaban J connectivity index is 1.94. The number of para-hydroxylation sites is 1. The summed E-state index contributed by atoms with van der Waals surface area (Å²) in [5.74, 6) is 0.481. The highest BCUT2D eigenvalue weighted by Gasteiger charge is 2.22. The van der Waals surface area contributed by atoms with Crippen molar-refractivity contribution in [2.45, 2.75) is 33.0 Å². The van der Waals surface area contributed by atoms with Gasteiger partial charge < -0.3 is 9.47 Å². The third-order valence-corrected chi connectivity index (χ3v) is 3.48. The fraction of sp³-hybridized carbons (Fsp3) is 0.250. The summed E-state index contributed by atoms with van der Waals surface area (Å²) in [4.78, 5) is 12.6. The van der Waals surface area contributed by atoms with Crippen LogP contribution in [0.5, 0.6) is 5.88 Å². The molecule has 0 saturated heterocycles. The Morgan fingerprint density at radius 3 is 2.38 bits per heavy atom. The van der Waals surface area contributed by atoms with Crippen LogP contribution in [-0.2, 0) is 11.3 Å². The number of benzene rings is 2. The Morgan fingerprint density at radius 2 is 1.67 bits per heavy atom. The molecule has 124 valence electrons. The zero-order chi connectivity index (χ0) is 17.2. The zero-order valence-corrected chi connectivity index (χ0v) is 14.2. The maximum atomic E-state index is 12.6. The first-order valence-corrected chi connectivity index (χ1v) is 7.94. The Morgan fingerprint density at radius 1 is 1.00 bits per heavy atom. The Kier molecular flexibility index (Phi) is 4.30. The summed E-state index contributed by atoms with van der Waals surface area (Å²) in [5, 5.41) is 0.937. The molecule has 3 rings (SSSR count). The summed E-state index contributed by atoms with van der Waals surface area (Å²) in [6.07, 6.45) is -0.438. The molecule has 0 unspecified atom stereocenters. The van der Waals surface area contributed by atoms with E-state index in [4.69, 9.17) is 9.47 Å². The number of hydrogen-bond acceptors (Lipinski definition) is 3. The van der Waals surface area contributed by atoms with E-state index in [9.17, 15) is 4.79 Å². The lowest BCUT2D eigenvalue weighted by atomic mass is 10.2. The largest absolute Gasteiger partial charge is 0.474 e. The highest BCUT2D eigenvalue weighted by molar-refractivity contribution is 5.92. The van der Waals surface area contributed by atoms with Gasteiger partial charge in [-0.3, -0.25) is 0 Å². The molecule has 0 aliphatic heterocycles. The van der Waals surface area contributed by atoms with Gasteiger partial charge >= 0.3 is 6.09 Å². The average molecular weight is 323 g/mol. The van der Waals surface area contributed by atoms with Crippen LogP contribution in [0.3, 0.4) is 0 Å². The monoisotopic (exact) mass is 323 g/mol. The van der Waals surface area contributed by atoms with E-state index in [-0.39, 0.29) is 0 Å². The fourth-order valence-electron chi connectivity index (χ4n) is 2.46. The minimum Gasteiger partial charge on any atom is -0.474 e. The van der Waals surface area contributed by atoms with Crippen molar-refractivity contribution < 1.29 is 14.3 Å². The second-order valence-electron chi connectivity index (χ2n) is 6.63. The molecule has 0 aliphatic carbocycles. The predicted molar refractivity (Wildman–Crippen MR) is 94.3 cm³/mol. The highest BCUT2D eigenvalue weighted by Crippen LogP contribution is 2.27. The lowest BCUT2D eigenvalue weighted by molar-refractivity contribution is 0.0527. The first kappa shape index (κ1) is 16.1. The van der Waals surface area contributed by atoms with Gasteiger partial charge in [0.15, 0.2) is 0 Å². The number of carbonyl (C=O) groups excluding carboxylic acids is 1. The van der Waals surface area contributed by atoms with E-state index in [1.54, 1.807) is 0 Å². The van der Waals surface area contributed by atoms with Crippen molar-refractivity contribution in [3.8, 4) is 5.88 Å². The van der Waals surface area contributed by atoms with E-state index in [0.717, 1.165) is 16.5 Å².